The third kappa shape index (κ3) is 2.09. The smallest absolute Gasteiger partial charge is 0.227 e. The van der Waals surface area contributed by atoms with Crippen molar-refractivity contribution in [2.24, 2.45) is 23.8 Å². The Morgan fingerprint density at radius 1 is 1.33 bits per heavy atom. The maximum atomic E-state index is 13.1. The van der Waals surface area contributed by atoms with Gasteiger partial charge in [0.15, 0.2) is 0 Å². The van der Waals surface area contributed by atoms with Gasteiger partial charge in [0.2, 0.25) is 5.91 Å². The minimum Gasteiger partial charge on any atom is -0.333 e. The van der Waals surface area contributed by atoms with Crippen molar-refractivity contribution in [2.75, 3.05) is 19.6 Å². The van der Waals surface area contributed by atoms with Gasteiger partial charge in [0.1, 0.15) is 0 Å². The zero-order chi connectivity index (χ0) is 15.4. The van der Waals surface area contributed by atoms with Crippen LogP contribution in [0.5, 0.6) is 0 Å². The van der Waals surface area contributed by atoms with E-state index in [0.717, 1.165) is 25.2 Å². The third-order valence-corrected chi connectivity index (χ3v) is 5.90. The monoisotopic (exact) mass is 290 g/mol. The predicted octanol–water partition coefficient (Wildman–Crippen LogP) is 1.58. The molecule has 1 saturated carbocycles. The van der Waals surface area contributed by atoms with Gasteiger partial charge < -0.3 is 10.2 Å². The zero-order valence-electron chi connectivity index (χ0n) is 13.7. The lowest BCUT2D eigenvalue weighted by Gasteiger charge is -2.36. The molecular weight excluding hydrogens is 264 g/mol. The molecule has 116 valence electrons. The highest BCUT2D eigenvalue weighted by atomic mass is 16.2. The fraction of sp³-hybridized carbons (Fsp3) is 0.750. The standard InChI is InChI=1S/C16H26N4O/c1-15(2)13(16(15,3)4)14(21)20-7-6-17-9-12(20)11-8-18-19(5)10-11/h8,10,12-13,17H,6-7,9H2,1-5H3. The summed E-state index contributed by atoms with van der Waals surface area (Å²) in [5.74, 6) is 0.433. The summed E-state index contributed by atoms with van der Waals surface area (Å²) in [7, 11) is 1.92. The van der Waals surface area contributed by atoms with E-state index in [-0.39, 0.29) is 22.8 Å². The van der Waals surface area contributed by atoms with Crippen molar-refractivity contribution in [1.82, 2.24) is 20.0 Å². The van der Waals surface area contributed by atoms with Gasteiger partial charge in [-0.15, -0.1) is 0 Å². The van der Waals surface area contributed by atoms with Gasteiger partial charge in [-0.2, -0.15) is 5.10 Å². The molecule has 2 fully saturated rings. The molecule has 1 saturated heterocycles. The highest BCUT2D eigenvalue weighted by Crippen LogP contribution is 2.69. The molecule has 0 radical (unpaired) electrons. The molecule has 1 amide bonds. The molecule has 2 aliphatic rings. The molecule has 1 aromatic heterocycles. The molecule has 0 aromatic carbocycles. The van der Waals surface area contributed by atoms with Crippen LogP contribution in [0.1, 0.15) is 39.3 Å². The van der Waals surface area contributed by atoms with Crippen molar-refractivity contribution in [3.05, 3.63) is 18.0 Å². The lowest BCUT2D eigenvalue weighted by Crippen LogP contribution is -2.49. The van der Waals surface area contributed by atoms with Gasteiger partial charge in [0.05, 0.1) is 12.2 Å². The number of aromatic nitrogens is 2. The first-order valence-corrected chi connectivity index (χ1v) is 7.76. The van der Waals surface area contributed by atoms with Crippen LogP contribution in [-0.4, -0.2) is 40.2 Å². The first-order chi connectivity index (χ1) is 9.76. The molecule has 0 spiro atoms. The third-order valence-electron chi connectivity index (χ3n) is 5.90. The number of carbonyl (C=O) groups is 1. The number of carbonyl (C=O) groups excluding carboxylic acids is 1. The van der Waals surface area contributed by atoms with Crippen molar-refractivity contribution in [2.45, 2.75) is 33.7 Å². The van der Waals surface area contributed by atoms with E-state index in [1.807, 2.05) is 19.4 Å². The van der Waals surface area contributed by atoms with E-state index >= 15 is 0 Å². The van der Waals surface area contributed by atoms with Gasteiger partial charge in [-0.1, -0.05) is 27.7 Å². The first-order valence-electron chi connectivity index (χ1n) is 7.76. The fourth-order valence-corrected chi connectivity index (χ4v) is 3.86. The van der Waals surface area contributed by atoms with Gasteiger partial charge in [-0.3, -0.25) is 9.48 Å². The van der Waals surface area contributed by atoms with Crippen LogP contribution in [0.2, 0.25) is 0 Å². The second-order valence-electron chi connectivity index (χ2n) is 7.58. The summed E-state index contributed by atoms with van der Waals surface area (Å²) < 4.78 is 1.80. The van der Waals surface area contributed by atoms with Crippen LogP contribution in [0.4, 0.5) is 0 Å². The summed E-state index contributed by atoms with van der Waals surface area (Å²) in [5.41, 5.74) is 1.30. The first kappa shape index (κ1) is 14.6. The molecule has 0 bridgehead atoms. The van der Waals surface area contributed by atoms with Crippen LogP contribution in [0.25, 0.3) is 0 Å². The van der Waals surface area contributed by atoms with E-state index in [4.69, 9.17) is 0 Å². The van der Waals surface area contributed by atoms with Gasteiger partial charge in [0.25, 0.3) is 0 Å². The topological polar surface area (TPSA) is 50.2 Å². The molecule has 5 nitrogen and oxygen atoms in total. The number of hydrogen-bond acceptors (Lipinski definition) is 3. The van der Waals surface area contributed by atoms with Crippen LogP contribution in [0.15, 0.2) is 12.4 Å². The van der Waals surface area contributed by atoms with Crippen LogP contribution in [0.3, 0.4) is 0 Å². The van der Waals surface area contributed by atoms with Crippen molar-refractivity contribution in [1.29, 1.82) is 0 Å². The van der Waals surface area contributed by atoms with E-state index in [2.05, 4.69) is 43.0 Å². The van der Waals surface area contributed by atoms with Crippen molar-refractivity contribution in [3.8, 4) is 0 Å². The van der Waals surface area contributed by atoms with Gasteiger partial charge in [0, 0.05) is 44.4 Å². The molecule has 1 aromatic rings. The van der Waals surface area contributed by atoms with E-state index in [0.29, 0.717) is 5.91 Å². The summed E-state index contributed by atoms with van der Waals surface area (Å²) in [6.45, 7) is 11.3. The van der Waals surface area contributed by atoms with Crippen LogP contribution < -0.4 is 5.32 Å². The SMILES string of the molecule is Cn1cc(C2CNCCN2C(=O)C2C(C)(C)C2(C)C)cn1. The minimum absolute atomic E-state index is 0.0917. The Morgan fingerprint density at radius 2 is 2.00 bits per heavy atom. The Morgan fingerprint density at radius 3 is 2.52 bits per heavy atom. The number of nitrogens with zero attached hydrogens (tertiary/aromatic N) is 3. The lowest BCUT2D eigenvalue weighted by molar-refractivity contribution is -0.137. The number of nitrogens with one attached hydrogen (secondary N) is 1. The van der Waals surface area contributed by atoms with Gasteiger partial charge >= 0.3 is 0 Å². The number of piperazine rings is 1. The summed E-state index contributed by atoms with van der Waals surface area (Å²) in [6, 6.07) is 0.104. The average Bonchev–Trinajstić information content (AvgIpc) is 2.75. The minimum atomic E-state index is 0.0917. The van der Waals surface area contributed by atoms with E-state index in [1.54, 1.807) is 4.68 Å². The average molecular weight is 290 g/mol. The maximum absolute atomic E-state index is 13.1. The molecule has 2 heterocycles. The van der Waals surface area contributed by atoms with E-state index < -0.39 is 0 Å². The number of hydrogen-bond donors (Lipinski definition) is 1. The largest absolute Gasteiger partial charge is 0.333 e. The number of amides is 1. The quantitative estimate of drug-likeness (QED) is 0.899. The Labute approximate surface area is 126 Å². The molecule has 1 atom stereocenters. The molecule has 1 N–H and O–H groups in total. The van der Waals surface area contributed by atoms with E-state index in [1.165, 1.54) is 0 Å². The Bertz CT molecular complexity index is 546. The Hall–Kier alpha value is -1.36. The zero-order valence-corrected chi connectivity index (χ0v) is 13.7. The summed E-state index contributed by atoms with van der Waals surface area (Å²) in [5, 5.41) is 7.65. The normalized spacial score (nSPS) is 27.7. The Kier molecular flexibility index (Phi) is 3.17. The number of rotatable bonds is 2. The maximum Gasteiger partial charge on any atom is 0.227 e. The van der Waals surface area contributed by atoms with E-state index in [9.17, 15) is 4.79 Å². The summed E-state index contributed by atoms with van der Waals surface area (Å²) in [6.07, 6.45) is 3.89. The molecule has 5 heteroatoms. The lowest BCUT2D eigenvalue weighted by atomic mass is 10.0. The molecule has 1 unspecified atom stereocenters. The highest BCUT2D eigenvalue weighted by Gasteiger charge is 2.69. The van der Waals surface area contributed by atoms with Crippen LogP contribution in [0, 0.1) is 16.7 Å². The molecule has 21 heavy (non-hydrogen) atoms. The molecule has 3 rings (SSSR count). The predicted molar refractivity (Wildman–Crippen MR) is 81.6 cm³/mol. The van der Waals surface area contributed by atoms with Gasteiger partial charge in [-0.25, -0.2) is 0 Å². The summed E-state index contributed by atoms with van der Waals surface area (Å²) >= 11 is 0. The Balaban J connectivity index is 1.84. The van der Waals surface area contributed by atoms with Crippen molar-refractivity contribution in [3.63, 3.8) is 0 Å². The number of aryl methyl sites for hydroxylation is 1. The molecular formula is C16H26N4O. The van der Waals surface area contributed by atoms with Crippen LogP contribution in [-0.2, 0) is 11.8 Å². The van der Waals surface area contributed by atoms with Crippen molar-refractivity contribution >= 4 is 5.91 Å². The second kappa shape index (κ2) is 4.57. The molecule has 1 aliphatic heterocycles. The van der Waals surface area contributed by atoms with Gasteiger partial charge in [-0.05, 0) is 10.8 Å². The second-order valence-corrected chi connectivity index (χ2v) is 7.58. The highest BCUT2D eigenvalue weighted by molar-refractivity contribution is 5.84. The fourth-order valence-electron chi connectivity index (χ4n) is 3.86. The molecule has 1 aliphatic carbocycles. The van der Waals surface area contributed by atoms with Crippen LogP contribution >= 0.6 is 0 Å². The van der Waals surface area contributed by atoms with Crippen molar-refractivity contribution < 1.29 is 4.79 Å². The summed E-state index contributed by atoms with van der Waals surface area (Å²) in [4.78, 5) is 15.1.